The summed E-state index contributed by atoms with van der Waals surface area (Å²) in [5.74, 6) is 0.199. The average molecular weight is 470 g/mol. The van der Waals surface area contributed by atoms with Crippen molar-refractivity contribution in [1.82, 2.24) is 0 Å². The van der Waals surface area contributed by atoms with Gasteiger partial charge in [-0.1, -0.05) is 27.5 Å². The molecule has 2 aromatic carbocycles. The maximum Gasteiger partial charge on any atom is 0.143 e. The number of nitrogens with one attached hydrogen (secondary N) is 1. The average Bonchev–Trinajstić information content (AvgIpc) is 2.34. The zero-order chi connectivity index (χ0) is 14.0. The molecule has 0 radical (unpaired) electrons. The molecule has 19 heavy (non-hydrogen) atoms. The lowest BCUT2D eigenvalue weighted by atomic mass is 10.2. The van der Waals surface area contributed by atoms with Gasteiger partial charge < -0.3 is 10.4 Å². The van der Waals surface area contributed by atoms with Crippen LogP contribution >= 0.6 is 59.4 Å². The van der Waals surface area contributed by atoms with E-state index >= 15 is 0 Å². The molecule has 0 heterocycles. The quantitative estimate of drug-likeness (QED) is 0.582. The Labute approximate surface area is 141 Å². The number of phenols is 1. The second-order valence-electron chi connectivity index (χ2n) is 3.89. The molecule has 0 unspecified atom stereocenters. The van der Waals surface area contributed by atoms with E-state index in [9.17, 15) is 5.11 Å². The maximum absolute atomic E-state index is 9.65. The molecule has 2 rings (SSSR count). The smallest absolute Gasteiger partial charge is 0.143 e. The van der Waals surface area contributed by atoms with Crippen LogP contribution in [0.2, 0.25) is 5.02 Å². The summed E-state index contributed by atoms with van der Waals surface area (Å²) in [4.78, 5) is 0. The Morgan fingerprint density at radius 1 is 1.05 bits per heavy atom. The van der Waals surface area contributed by atoms with Gasteiger partial charge in [-0.2, -0.15) is 0 Å². The minimum Gasteiger partial charge on any atom is -0.506 e. The van der Waals surface area contributed by atoms with Gasteiger partial charge in [0.15, 0.2) is 0 Å². The van der Waals surface area contributed by atoms with Crippen LogP contribution in [0.15, 0.2) is 43.7 Å². The van der Waals surface area contributed by atoms with Gasteiger partial charge in [0.2, 0.25) is 0 Å². The first-order chi connectivity index (χ1) is 8.97. The minimum atomic E-state index is 0.199. The van der Waals surface area contributed by atoms with Crippen molar-refractivity contribution in [2.45, 2.75) is 6.54 Å². The Balaban J connectivity index is 2.14. The zero-order valence-electron chi connectivity index (χ0n) is 9.55. The van der Waals surface area contributed by atoms with Crippen LogP contribution in [0, 0.1) is 0 Å². The van der Waals surface area contributed by atoms with Crippen LogP contribution in [-0.2, 0) is 6.54 Å². The highest BCUT2D eigenvalue weighted by molar-refractivity contribution is 9.11. The van der Waals surface area contributed by atoms with Gasteiger partial charge in [-0.3, -0.25) is 0 Å². The molecule has 100 valence electrons. The second-order valence-corrected chi connectivity index (χ2v) is 6.92. The lowest BCUT2D eigenvalue weighted by molar-refractivity contribution is 0.468. The van der Waals surface area contributed by atoms with Crippen LogP contribution in [0.4, 0.5) is 5.69 Å². The van der Waals surface area contributed by atoms with E-state index in [2.05, 4.69) is 53.1 Å². The number of anilines is 1. The summed E-state index contributed by atoms with van der Waals surface area (Å²) < 4.78 is 2.25. The fourth-order valence-electron chi connectivity index (χ4n) is 1.55. The van der Waals surface area contributed by atoms with Gasteiger partial charge in [0.1, 0.15) is 5.75 Å². The molecule has 0 saturated carbocycles. The van der Waals surface area contributed by atoms with E-state index < -0.39 is 0 Å². The van der Waals surface area contributed by atoms with Crippen LogP contribution < -0.4 is 5.32 Å². The highest BCUT2D eigenvalue weighted by Gasteiger charge is 2.06. The van der Waals surface area contributed by atoms with Crippen molar-refractivity contribution in [3.05, 3.63) is 54.3 Å². The van der Waals surface area contributed by atoms with E-state index in [4.69, 9.17) is 11.6 Å². The number of phenolic OH excluding ortho intramolecular Hbond substituents is 1. The minimum absolute atomic E-state index is 0.199. The number of rotatable bonds is 3. The monoisotopic (exact) mass is 467 g/mol. The van der Waals surface area contributed by atoms with Crippen molar-refractivity contribution in [3.63, 3.8) is 0 Å². The summed E-state index contributed by atoms with van der Waals surface area (Å²) in [5, 5.41) is 13.6. The fraction of sp³-hybridized carbons (Fsp3) is 0.0769. The van der Waals surface area contributed by atoms with Gasteiger partial charge in [-0.05, 0) is 67.8 Å². The second kappa shape index (κ2) is 6.48. The summed E-state index contributed by atoms with van der Waals surface area (Å²) in [6.45, 7) is 0.610. The normalized spacial score (nSPS) is 10.5. The Morgan fingerprint density at radius 2 is 1.68 bits per heavy atom. The van der Waals surface area contributed by atoms with Gasteiger partial charge in [0.25, 0.3) is 0 Å². The fourth-order valence-corrected chi connectivity index (χ4v) is 3.57. The summed E-state index contributed by atoms with van der Waals surface area (Å²) in [6, 6.07) is 9.40. The van der Waals surface area contributed by atoms with Crippen LogP contribution in [-0.4, -0.2) is 5.11 Å². The van der Waals surface area contributed by atoms with Crippen molar-refractivity contribution in [2.75, 3.05) is 5.32 Å². The molecular formula is C13H9Br3ClNO. The molecule has 0 aliphatic carbocycles. The highest BCUT2D eigenvalue weighted by atomic mass is 79.9. The molecule has 0 atom stereocenters. The first kappa shape index (κ1) is 15.2. The largest absolute Gasteiger partial charge is 0.506 e. The molecule has 0 saturated heterocycles. The van der Waals surface area contributed by atoms with E-state index in [1.165, 1.54) is 0 Å². The van der Waals surface area contributed by atoms with Crippen molar-refractivity contribution in [1.29, 1.82) is 0 Å². The third-order valence-corrected chi connectivity index (χ3v) is 4.51. The molecule has 0 aromatic heterocycles. The van der Waals surface area contributed by atoms with Crippen LogP contribution in [0.5, 0.6) is 5.75 Å². The van der Waals surface area contributed by atoms with Crippen LogP contribution in [0.1, 0.15) is 5.56 Å². The van der Waals surface area contributed by atoms with Gasteiger partial charge >= 0.3 is 0 Å². The summed E-state index contributed by atoms with van der Waals surface area (Å²) >= 11 is 16.1. The number of aromatic hydroxyl groups is 1. The molecule has 0 amide bonds. The Hall–Kier alpha value is -0.230. The third kappa shape index (κ3) is 3.88. The maximum atomic E-state index is 9.65. The molecule has 2 nitrogen and oxygen atoms in total. The molecule has 0 aliphatic rings. The molecule has 2 aromatic rings. The van der Waals surface area contributed by atoms with Crippen LogP contribution in [0.3, 0.4) is 0 Å². The van der Waals surface area contributed by atoms with E-state index in [1.807, 2.05) is 30.3 Å². The van der Waals surface area contributed by atoms with Crippen LogP contribution in [0.25, 0.3) is 0 Å². The number of hydrogen-bond donors (Lipinski definition) is 2. The summed E-state index contributed by atoms with van der Waals surface area (Å²) in [6.07, 6.45) is 0. The number of hydrogen-bond acceptors (Lipinski definition) is 2. The van der Waals surface area contributed by atoms with Gasteiger partial charge in [0.05, 0.1) is 19.7 Å². The van der Waals surface area contributed by atoms with E-state index in [1.54, 1.807) is 0 Å². The molecule has 0 aliphatic heterocycles. The van der Waals surface area contributed by atoms with Crippen molar-refractivity contribution in [2.24, 2.45) is 0 Å². The lowest BCUT2D eigenvalue weighted by Gasteiger charge is -2.10. The number of halogens is 4. The van der Waals surface area contributed by atoms with Gasteiger partial charge in [-0.15, -0.1) is 0 Å². The zero-order valence-corrected chi connectivity index (χ0v) is 15.1. The van der Waals surface area contributed by atoms with E-state index in [0.717, 1.165) is 15.7 Å². The molecule has 0 fully saturated rings. The van der Waals surface area contributed by atoms with Gasteiger partial charge in [-0.25, -0.2) is 0 Å². The SMILES string of the molecule is Oc1c(Br)cc(CNc2ccc(Br)cc2Cl)cc1Br. The summed E-state index contributed by atoms with van der Waals surface area (Å²) in [7, 11) is 0. The Morgan fingerprint density at radius 3 is 2.26 bits per heavy atom. The third-order valence-electron chi connectivity index (χ3n) is 2.49. The topological polar surface area (TPSA) is 32.3 Å². The lowest BCUT2D eigenvalue weighted by Crippen LogP contribution is -2.00. The molecule has 0 bridgehead atoms. The van der Waals surface area contributed by atoms with Crippen molar-refractivity contribution in [3.8, 4) is 5.75 Å². The predicted octanol–water partition coefficient (Wildman–Crippen LogP) is 5.95. The highest BCUT2D eigenvalue weighted by Crippen LogP contribution is 2.34. The molecular weight excluding hydrogens is 461 g/mol. The predicted molar refractivity (Wildman–Crippen MR) is 90.0 cm³/mol. The first-order valence-electron chi connectivity index (χ1n) is 5.33. The number of benzene rings is 2. The van der Waals surface area contributed by atoms with E-state index in [0.29, 0.717) is 20.5 Å². The van der Waals surface area contributed by atoms with Gasteiger partial charge in [0, 0.05) is 11.0 Å². The molecule has 2 N–H and O–H groups in total. The molecule has 6 heteroatoms. The standard InChI is InChI=1S/C13H9Br3ClNO/c14-8-1-2-12(11(17)5-8)18-6-7-3-9(15)13(19)10(16)4-7/h1-5,18-19H,6H2. The van der Waals surface area contributed by atoms with Crippen molar-refractivity contribution < 1.29 is 5.11 Å². The Kier molecular flexibility index (Phi) is 5.17. The summed E-state index contributed by atoms with van der Waals surface area (Å²) in [5.41, 5.74) is 1.89. The van der Waals surface area contributed by atoms with Crippen molar-refractivity contribution >= 4 is 65.1 Å². The molecule has 0 spiro atoms. The van der Waals surface area contributed by atoms with E-state index in [-0.39, 0.29) is 5.75 Å². The first-order valence-corrected chi connectivity index (χ1v) is 8.09. The Bertz CT molecular complexity index is 596.